The van der Waals surface area contributed by atoms with Crippen molar-refractivity contribution in [3.8, 4) is 22.6 Å². The van der Waals surface area contributed by atoms with Gasteiger partial charge in [0.15, 0.2) is 22.0 Å². The molecule has 0 amide bonds. The molecular weight excluding hydrogens is 534 g/mol. The number of thiocarbonyl (C=S) groups is 2. The highest BCUT2D eigenvalue weighted by Crippen LogP contribution is 2.35. The zero-order chi connectivity index (χ0) is 25.6. The standard InChI is InChI=1S/C16H12ClNO3S.C3H8.2CH3NOS.CH4.H2O/c1-22(19,20)14-5-3-2-4-13(14)16-15(18-10-21-16)11-6-8-12(17)9-7-11;1-3-2;2*2-1(3)4;;/h2-10H,1H3;3H2,1-2H3;2*(H3,2,3,4);1H4;1H2. The van der Waals surface area contributed by atoms with E-state index in [1.165, 1.54) is 19.1 Å². The Bertz CT molecular complexity index is 1120. The van der Waals surface area contributed by atoms with Gasteiger partial charge in [0.25, 0.3) is 10.3 Å². The third kappa shape index (κ3) is 15.0. The van der Waals surface area contributed by atoms with Crippen LogP contribution in [0.25, 0.3) is 22.6 Å². The minimum absolute atomic E-state index is 0. The first-order valence-electron chi connectivity index (χ1n) is 9.30. The molecule has 196 valence electrons. The maximum Gasteiger partial charge on any atom is 0.251 e. The van der Waals surface area contributed by atoms with E-state index in [2.05, 4.69) is 54.7 Å². The van der Waals surface area contributed by atoms with Crippen molar-refractivity contribution in [3.05, 3.63) is 59.9 Å². The summed E-state index contributed by atoms with van der Waals surface area (Å²) in [6.45, 7) is 4.25. The van der Waals surface area contributed by atoms with E-state index in [1.54, 1.807) is 36.4 Å². The fraction of sp³-hybridized carbons (Fsp3) is 0.227. The molecule has 0 aliphatic carbocycles. The van der Waals surface area contributed by atoms with E-state index in [0.717, 1.165) is 5.56 Å². The van der Waals surface area contributed by atoms with Gasteiger partial charge in [-0.05, 0) is 48.7 Å². The van der Waals surface area contributed by atoms with Crippen LogP contribution in [-0.4, -0.2) is 45.7 Å². The lowest BCUT2D eigenvalue weighted by molar-refractivity contribution is 0.559. The number of nitrogens with zero attached hydrogens (tertiary/aromatic N) is 1. The molecule has 2 aromatic carbocycles. The van der Waals surface area contributed by atoms with Gasteiger partial charge in [-0.3, -0.25) is 0 Å². The summed E-state index contributed by atoms with van der Waals surface area (Å²) in [5.74, 6) is 0.420. The Balaban J connectivity index is -0.000000673. The normalized spacial score (nSPS) is 9.14. The van der Waals surface area contributed by atoms with Crippen LogP contribution in [-0.2, 0) is 9.84 Å². The Labute approximate surface area is 222 Å². The minimum Gasteiger partial charge on any atom is -0.487 e. The Morgan fingerprint density at radius 1 is 1.03 bits per heavy atom. The second-order valence-corrected chi connectivity index (χ2v) is 9.45. The summed E-state index contributed by atoms with van der Waals surface area (Å²) in [7, 11) is -3.37. The first kappa shape index (κ1) is 36.8. The van der Waals surface area contributed by atoms with Crippen LogP contribution >= 0.6 is 36.0 Å². The van der Waals surface area contributed by atoms with E-state index in [9.17, 15) is 8.42 Å². The van der Waals surface area contributed by atoms with Crippen molar-refractivity contribution in [1.29, 1.82) is 0 Å². The second kappa shape index (κ2) is 18.5. The second-order valence-electron chi connectivity index (χ2n) is 6.19. The van der Waals surface area contributed by atoms with Crippen molar-refractivity contribution in [2.24, 2.45) is 11.5 Å². The van der Waals surface area contributed by atoms with Gasteiger partial charge in [0.1, 0.15) is 5.69 Å². The molecule has 13 heteroatoms. The van der Waals surface area contributed by atoms with E-state index >= 15 is 0 Å². The number of sulfone groups is 1. The van der Waals surface area contributed by atoms with Crippen LogP contribution in [0.4, 0.5) is 0 Å². The molecule has 0 fully saturated rings. The molecule has 3 aromatic rings. The van der Waals surface area contributed by atoms with Crippen molar-refractivity contribution in [2.45, 2.75) is 32.6 Å². The predicted octanol–water partition coefficient (Wildman–Crippen LogP) is 4.87. The van der Waals surface area contributed by atoms with Crippen LogP contribution in [0.2, 0.25) is 5.02 Å². The maximum atomic E-state index is 12.0. The van der Waals surface area contributed by atoms with Gasteiger partial charge in [-0.15, -0.1) is 0 Å². The molecule has 0 aliphatic heterocycles. The van der Waals surface area contributed by atoms with Gasteiger partial charge in [0.2, 0.25) is 0 Å². The minimum atomic E-state index is -3.37. The molecular formula is C22H32ClN3O6S3. The largest absolute Gasteiger partial charge is 0.487 e. The molecule has 35 heavy (non-hydrogen) atoms. The van der Waals surface area contributed by atoms with E-state index in [-0.39, 0.29) is 17.8 Å². The fourth-order valence-electron chi connectivity index (χ4n) is 2.23. The predicted molar refractivity (Wildman–Crippen MR) is 151 cm³/mol. The summed E-state index contributed by atoms with van der Waals surface area (Å²) in [4.78, 5) is 4.42. The van der Waals surface area contributed by atoms with Gasteiger partial charge >= 0.3 is 0 Å². The Hall–Kier alpha value is -2.77. The number of hydrogen-bond acceptors (Lipinski definition) is 6. The number of benzene rings is 2. The van der Waals surface area contributed by atoms with Crippen molar-refractivity contribution in [3.63, 3.8) is 0 Å². The average Bonchev–Trinajstić information content (AvgIpc) is 3.17. The molecule has 1 heterocycles. The highest BCUT2D eigenvalue weighted by atomic mass is 35.5. The number of oxazole rings is 1. The van der Waals surface area contributed by atoms with Gasteiger partial charge in [0, 0.05) is 22.4 Å². The monoisotopic (exact) mass is 565 g/mol. The van der Waals surface area contributed by atoms with Crippen LogP contribution in [0.3, 0.4) is 0 Å². The lowest BCUT2D eigenvalue weighted by Gasteiger charge is -2.07. The molecule has 3 rings (SSSR count). The Morgan fingerprint density at radius 3 is 1.89 bits per heavy atom. The molecule has 0 saturated heterocycles. The summed E-state index contributed by atoms with van der Waals surface area (Å²) in [5, 5.41) is 14.7. The number of hydrogen-bond donors (Lipinski definition) is 4. The third-order valence-corrected chi connectivity index (χ3v) is 4.62. The van der Waals surface area contributed by atoms with Crippen molar-refractivity contribution in [1.82, 2.24) is 4.98 Å². The molecule has 0 atom stereocenters. The topological polar surface area (TPSA) is 184 Å². The molecule has 0 saturated carbocycles. The van der Waals surface area contributed by atoms with E-state index < -0.39 is 20.2 Å². The van der Waals surface area contributed by atoms with Gasteiger partial charge in [-0.2, -0.15) is 0 Å². The molecule has 0 spiro atoms. The van der Waals surface area contributed by atoms with Crippen LogP contribution in [0.15, 0.2) is 64.2 Å². The zero-order valence-corrected chi connectivity index (χ0v) is 21.9. The summed E-state index contributed by atoms with van der Waals surface area (Å²) in [6, 6.07) is 13.8. The van der Waals surface area contributed by atoms with E-state index in [1.807, 2.05) is 12.1 Å². The quantitative estimate of drug-likeness (QED) is 0.319. The lowest BCUT2D eigenvalue weighted by atomic mass is 10.1. The maximum absolute atomic E-state index is 12.0. The van der Waals surface area contributed by atoms with Crippen LogP contribution in [0.5, 0.6) is 0 Å². The van der Waals surface area contributed by atoms with E-state index in [0.29, 0.717) is 22.0 Å². The first-order chi connectivity index (χ1) is 15.3. The lowest BCUT2D eigenvalue weighted by Crippen LogP contribution is -2.03. The van der Waals surface area contributed by atoms with Gasteiger partial charge in [-0.25, -0.2) is 13.4 Å². The number of rotatable bonds is 3. The summed E-state index contributed by atoms with van der Waals surface area (Å²) in [5.41, 5.74) is 10.7. The molecule has 0 radical (unpaired) electrons. The molecule has 9 nitrogen and oxygen atoms in total. The van der Waals surface area contributed by atoms with E-state index in [4.69, 9.17) is 26.2 Å². The Kier molecular flexibility index (Phi) is 19.5. The molecule has 8 N–H and O–H groups in total. The van der Waals surface area contributed by atoms with Gasteiger partial charge in [-0.1, -0.05) is 63.6 Å². The van der Waals surface area contributed by atoms with Crippen LogP contribution in [0.1, 0.15) is 27.7 Å². The van der Waals surface area contributed by atoms with Crippen molar-refractivity contribution in [2.75, 3.05) is 6.26 Å². The zero-order valence-electron chi connectivity index (χ0n) is 18.7. The van der Waals surface area contributed by atoms with Gasteiger partial charge < -0.3 is 31.6 Å². The van der Waals surface area contributed by atoms with Crippen molar-refractivity contribution >= 4 is 56.2 Å². The van der Waals surface area contributed by atoms with Crippen LogP contribution < -0.4 is 11.5 Å². The molecule has 0 aliphatic rings. The smallest absolute Gasteiger partial charge is 0.251 e. The van der Waals surface area contributed by atoms with Crippen molar-refractivity contribution < 1.29 is 28.5 Å². The van der Waals surface area contributed by atoms with Gasteiger partial charge in [0.05, 0.1) is 4.90 Å². The number of nitrogens with two attached hydrogens (primary N) is 2. The Morgan fingerprint density at radius 2 is 1.46 bits per heavy atom. The molecule has 0 unspecified atom stereocenters. The SMILES string of the molecule is C.CCC.CS(=O)(=O)c1ccccc1-c1ocnc1-c1ccc(Cl)cc1.NC(O)=S.NC(O)=S.O. The average molecular weight is 566 g/mol. The number of aromatic nitrogens is 1. The summed E-state index contributed by atoms with van der Waals surface area (Å²) in [6.07, 6.45) is 3.72. The number of halogens is 1. The molecule has 1 aromatic heterocycles. The summed E-state index contributed by atoms with van der Waals surface area (Å²) >= 11 is 13.6. The first-order valence-corrected chi connectivity index (χ1v) is 12.4. The third-order valence-electron chi connectivity index (χ3n) is 3.22. The molecule has 0 bridgehead atoms. The summed E-state index contributed by atoms with van der Waals surface area (Å²) < 4.78 is 29.4. The fourth-order valence-corrected chi connectivity index (χ4v) is 3.24. The number of aliphatic hydroxyl groups excluding tert-OH is 2. The highest BCUT2D eigenvalue weighted by Gasteiger charge is 2.20. The number of aliphatic hydroxyl groups is 2. The van der Waals surface area contributed by atoms with Crippen LogP contribution in [0, 0.1) is 0 Å². The highest BCUT2D eigenvalue weighted by molar-refractivity contribution is 7.90.